The number of anilines is 1. The molecule has 1 aliphatic carbocycles. The van der Waals surface area contributed by atoms with Crippen LogP contribution in [0.2, 0.25) is 5.02 Å². The third-order valence-corrected chi connectivity index (χ3v) is 8.30. The predicted molar refractivity (Wildman–Crippen MR) is 128 cm³/mol. The number of amides is 1. The second kappa shape index (κ2) is 9.37. The maximum Gasteiger partial charge on any atom is 0.234 e. The first-order chi connectivity index (χ1) is 16.0. The molecule has 0 unspecified atom stereocenters. The third kappa shape index (κ3) is 4.47. The summed E-state index contributed by atoms with van der Waals surface area (Å²) < 4.78 is 14.2. The van der Waals surface area contributed by atoms with E-state index in [0.717, 1.165) is 15.5 Å². The molecule has 0 N–H and O–H groups in total. The summed E-state index contributed by atoms with van der Waals surface area (Å²) >= 11 is 9.08. The second-order valence-corrected chi connectivity index (χ2v) is 10.5. The van der Waals surface area contributed by atoms with E-state index in [1.54, 1.807) is 17.0 Å². The molecule has 1 atom stereocenters. The van der Waals surface area contributed by atoms with Gasteiger partial charge >= 0.3 is 0 Å². The van der Waals surface area contributed by atoms with E-state index in [2.05, 4.69) is 10.2 Å². The SMILES string of the molecule is O=C1CCCC2=C1[C@H](c1ccc(F)cc1)CC(=O)N2c1nnc(SCc2ccccc2Cl)s1. The van der Waals surface area contributed by atoms with Gasteiger partial charge in [0.1, 0.15) is 5.82 Å². The number of benzene rings is 2. The van der Waals surface area contributed by atoms with E-state index in [1.165, 1.54) is 35.2 Å². The van der Waals surface area contributed by atoms with Crippen molar-refractivity contribution < 1.29 is 14.0 Å². The molecular weight excluding hydrogens is 481 g/mol. The lowest BCUT2D eigenvalue weighted by Gasteiger charge is -2.36. The molecule has 2 aromatic carbocycles. The summed E-state index contributed by atoms with van der Waals surface area (Å²) in [5, 5.41) is 9.71. The van der Waals surface area contributed by atoms with Crippen LogP contribution in [0.5, 0.6) is 0 Å². The van der Waals surface area contributed by atoms with Crippen LogP contribution in [-0.2, 0) is 15.3 Å². The summed E-state index contributed by atoms with van der Waals surface area (Å²) in [5.74, 6) is -0.152. The fraction of sp³-hybridized carbons (Fsp3) is 0.250. The molecule has 0 spiro atoms. The number of hydrogen-bond acceptors (Lipinski definition) is 6. The molecule has 1 aliphatic heterocycles. The van der Waals surface area contributed by atoms with E-state index >= 15 is 0 Å². The first kappa shape index (κ1) is 22.3. The molecule has 5 nitrogen and oxygen atoms in total. The monoisotopic (exact) mass is 499 g/mol. The van der Waals surface area contributed by atoms with Crippen LogP contribution < -0.4 is 4.90 Å². The quantitative estimate of drug-likeness (QED) is 0.311. The Morgan fingerprint density at radius 1 is 1.09 bits per heavy atom. The maximum atomic E-state index is 13.4. The van der Waals surface area contributed by atoms with Crippen LogP contribution in [0.3, 0.4) is 0 Å². The zero-order chi connectivity index (χ0) is 22.9. The van der Waals surface area contributed by atoms with Crippen LogP contribution in [0.4, 0.5) is 9.52 Å². The summed E-state index contributed by atoms with van der Waals surface area (Å²) in [6, 6.07) is 13.7. The Kier molecular flexibility index (Phi) is 6.32. The number of hydrogen-bond donors (Lipinski definition) is 0. The standard InChI is InChI=1S/C24H19ClFN3O2S2/c25-18-5-2-1-4-15(18)13-32-24-28-27-23(33-24)29-19-6-3-7-20(30)22(19)17(12-21(29)31)14-8-10-16(26)11-9-14/h1-2,4-5,8-11,17H,3,6-7,12-13H2/t17-/m0/s1. The number of Topliss-reactive ketones (excluding diaryl/α,β-unsaturated/α-hetero) is 1. The average Bonchev–Trinajstić information content (AvgIpc) is 3.27. The highest BCUT2D eigenvalue weighted by molar-refractivity contribution is 8.00. The van der Waals surface area contributed by atoms with Crippen molar-refractivity contribution >= 4 is 51.5 Å². The molecule has 0 saturated heterocycles. The van der Waals surface area contributed by atoms with Gasteiger partial charge in [0.05, 0.1) is 0 Å². The number of thioether (sulfide) groups is 1. The molecule has 1 aromatic heterocycles. The number of aromatic nitrogens is 2. The highest BCUT2D eigenvalue weighted by atomic mass is 35.5. The minimum absolute atomic E-state index is 0.0425. The first-order valence-corrected chi connectivity index (χ1v) is 12.7. The van der Waals surface area contributed by atoms with Crippen molar-refractivity contribution in [3.05, 3.63) is 81.8 Å². The number of ketones is 1. The van der Waals surface area contributed by atoms with Gasteiger partial charge in [-0.2, -0.15) is 0 Å². The maximum absolute atomic E-state index is 13.4. The Bertz CT molecular complexity index is 1260. The molecular formula is C24H19ClFN3O2S2. The van der Waals surface area contributed by atoms with Gasteiger partial charge in [-0.15, -0.1) is 10.2 Å². The first-order valence-electron chi connectivity index (χ1n) is 10.6. The van der Waals surface area contributed by atoms with Crippen molar-refractivity contribution in [2.75, 3.05) is 4.90 Å². The average molecular weight is 500 g/mol. The van der Waals surface area contributed by atoms with E-state index in [1.807, 2.05) is 24.3 Å². The molecule has 2 aliphatic rings. The normalized spacial score (nSPS) is 18.6. The number of nitrogens with zero attached hydrogens (tertiary/aromatic N) is 3. The Morgan fingerprint density at radius 2 is 1.88 bits per heavy atom. The lowest BCUT2D eigenvalue weighted by molar-refractivity contribution is -0.119. The number of allylic oxidation sites excluding steroid dienone is 2. The molecule has 33 heavy (non-hydrogen) atoms. The Hall–Kier alpha value is -2.55. The molecule has 0 saturated carbocycles. The third-order valence-electron chi connectivity index (χ3n) is 5.84. The lowest BCUT2D eigenvalue weighted by atomic mass is 9.77. The summed E-state index contributed by atoms with van der Waals surface area (Å²) in [6.45, 7) is 0. The molecule has 0 radical (unpaired) electrons. The van der Waals surface area contributed by atoms with Crippen molar-refractivity contribution in [2.45, 2.75) is 41.7 Å². The van der Waals surface area contributed by atoms with Crippen molar-refractivity contribution in [2.24, 2.45) is 0 Å². The van der Waals surface area contributed by atoms with E-state index in [9.17, 15) is 14.0 Å². The predicted octanol–water partition coefficient (Wildman–Crippen LogP) is 6.15. The second-order valence-electron chi connectivity index (χ2n) is 7.91. The summed E-state index contributed by atoms with van der Waals surface area (Å²) in [5.41, 5.74) is 3.13. The minimum Gasteiger partial charge on any atom is -0.294 e. The zero-order valence-corrected chi connectivity index (χ0v) is 19.9. The number of carbonyl (C=O) groups excluding carboxylic acids is 2. The van der Waals surface area contributed by atoms with Gasteiger partial charge in [0.2, 0.25) is 11.0 Å². The van der Waals surface area contributed by atoms with E-state index < -0.39 is 0 Å². The van der Waals surface area contributed by atoms with Gasteiger partial charge in [-0.1, -0.05) is 65.0 Å². The largest absolute Gasteiger partial charge is 0.294 e. The molecule has 2 heterocycles. The molecule has 1 amide bonds. The van der Waals surface area contributed by atoms with Gasteiger partial charge in [0.25, 0.3) is 0 Å². The number of halogens is 2. The van der Waals surface area contributed by atoms with Gasteiger partial charge in [0.15, 0.2) is 10.1 Å². The highest BCUT2D eigenvalue weighted by Gasteiger charge is 2.40. The van der Waals surface area contributed by atoms with Crippen molar-refractivity contribution in [1.82, 2.24) is 10.2 Å². The molecule has 5 rings (SSSR count). The van der Waals surface area contributed by atoms with Gasteiger partial charge in [0, 0.05) is 40.8 Å². The van der Waals surface area contributed by atoms with E-state index in [0.29, 0.717) is 46.4 Å². The Morgan fingerprint density at radius 3 is 2.67 bits per heavy atom. The molecule has 9 heteroatoms. The lowest BCUT2D eigenvalue weighted by Crippen LogP contribution is -2.40. The van der Waals surface area contributed by atoms with Crippen LogP contribution in [0.25, 0.3) is 0 Å². The van der Waals surface area contributed by atoms with Gasteiger partial charge < -0.3 is 0 Å². The molecule has 168 valence electrons. The topological polar surface area (TPSA) is 63.2 Å². The van der Waals surface area contributed by atoms with Crippen LogP contribution in [0.1, 0.15) is 42.7 Å². The molecule has 0 fully saturated rings. The summed E-state index contributed by atoms with van der Waals surface area (Å²) in [4.78, 5) is 27.8. The van der Waals surface area contributed by atoms with Crippen LogP contribution in [0.15, 0.2) is 64.1 Å². The number of rotatable bonds is 5. The van der Waals surface area contributed by atoms with Crippen molar-refractivity contribution in [1.29, 1.82) is 0 Å². The summed E-state index contributed by atoms with van der Waals surface area (Å²) in [7, 11) is 0. The number of carbonyl (C=O) groups is 2. The van der Waals surface area contributed by atoms with Crippen molar-refractivity contribution in [3.63, 3.8) is 0 Å². The minimum atomic E-state index is -0.362. The highest BCUT2D eigenvalue weighted by Crippen LogP contribution is 2.44. The van der Waals surface area contributed by atoms with Crippen LogP contribution in [0, 0.1) is 5.82 Å². The summed E-state index contributed by atoms with van der Waals surface area (Å²) in [6.07, 6.45) is 1.89. The Balaban J connectivity index is 1.45. The zero-order valence-electron chi connectivity index (χ0n) is 17.5. The van der Waals surface area contributed by atoms with Crippen LogP contribution in [-0.4, -0.2) is 21.9 Å². The molecule has 0 bridgehead atoms. The smallest absolute Gasteiger partial charge is 0.234 e. The van der Waals surface area contributed by atoms with E-state index in [-0.39, 0.29) is 29.8 Å². The van der Waals surface area contributed by atoms with E-state index in [4.69, 9.17) is 11.6 Å². The van der Waals surface area contributed by atoms with Gasteiger partial charge in [-0.05, 0) is 42.2 Å². The van der Waals surface area contributed by atoms with Crippen LogP contribution >= 0.6 is 34.7 Å². The van der Waals surface area contributed by atoms with Gasteiger partial charge in [-0.3, -0.25) is 14.5 Å². The fourth-order valence-corrected chi connectivity index (χ4v) is 6.47. The Labute approximate surface area is 203 Å². The molecule has 3 aromatic rings. The fourth-order valence-electron chi connectivity index (χ4n) is 4.30. The van der Waals surface area contributed by atoms with Crippen molar-refractivity contribution in [3.8, 4) is 0 Å². The van der Waals surface area contributed by atoms with Gasteiger partial charge in [-0.25, -0.2) is 4.39 Å².